The third-order valence-corrected chi connectivity index (χ3v) is 3.93. The van der Waals surface area contributed by atoms with Crippen LogP contribution in [0.4, 0.5) is 0 Å². The van der Waals surface area contributed by atoms with Gasteiger partial charge in [0.1, 0.15) is 17.3 Å². The summed E-state index contributed by atoms with van der Waals surface area (Å²) < 4.78 is 6.05. The second-order valence-electron chi connectivity index (χ2n) is 5.64. The fourth-order valence-corrected chi connectivity index (χ4v) is 2.60. The molecule has 7 nitrogen and oxygen atoms in total. The van der Waals surface area contributed by atoms with Crippen molar-refractivity contribution in [1.82, 2.24) is 14.7 Å². The second-order valence-corrected chi connectivity index (χ2v) is 5.64. The molecular formula is C19H17N3O4. The van der Waals surface area contributed by atoms with Gasteiger partial charge in [-0.1, -0.05) is 36.4 Å². The lowest BCUT2D eigenvalue weighted by atomic mass is 10.1. The molecule has 0 bridgehead atoms. The van der Waals surface area contributed by atoms with E-state index in [-0.39, 0.29) is 12.0 Å². The van der Waals surface area contributed by atoms with Gasteiger partial charge in [-0.2, -0.15) is 0 Å². The van der Waals surface area contributed by atoms with Crippen LogP contribution in [-0.2, 0) is 16.0 Å². The Morgan fingerprint density at radius 3 is 2.62 bits per heavy atom. The van der Waals surface area contributed by atoms with Crippen molar-refractivity contribution in [1.29, 1.82) is 0 Å². The van der Waals surface area contributed by atoms with Crippen LogP contribution in [0.15, 0.2) is 65.7 Å². The number of esters is 1. The molecule has 0 aliphatic heterocycles. The molecule has 3 aromatic rings. The number of fused-ring (bicyclic) bond motifs is 1. The number of rotatable bonds is 5. The van der Waals surface area contributed by atoms with E-state index >= 15 is 0 Å². The minimum Gasteiger partial charge on any atom is -0.467 e. The Morgan fingerprint density at radius 2 is 1.88 bits per heavy atom. The van der Waals surface area contributed by atoms with Crippen LogP contribution in [0, 0.1) is 0 Å². The monoisotopic (exact) mass is 351 g/mol. The van der Waals surface area contributed by atoms with E-state index in [4.69, 9.17) is 4.74 Å². The van der Waals surface area contributed by atoms with Gasteiger partial charge in [-0.15, -0.1) is 0 Å². The minimum absolute atomic E-state index is 0.143. The predicted octanol–water partition coefficient (Wildman–Crippen LogP) is 1.21. The van der Waals surface area contributed by atoms with Crippen molar-refractivity contribution < 1.29 is 14.3 Å². The van der Waals surface area contributed by atoms with Crippen molar-refractivity contribution in [2.24, 2.45) is 0 Å². The van der Waals surface area contributed by atoms with Gasteiger partial charge in [-0.3, -0.25) is 14.0 Å². The molecule has 0 aliphatic rings. The highest BCUT2D eigenvalue weighted by atomic mass is 16.5. The first-order valence-corrected chi connectivity index (χ1v) is 7.99. The standard InChI is InChI=1S/C19H17N3O4/c1-26-19(25)15(11-13-7-3-2-4-8-13)21-17(23)14-12-20-16-9-5-6-10-22(16)18(14)24/h2-10,12,15H,11H2,1H3,(H,21,23). The lowest BCUT2D eigenvalue weighted by molar-refractivity contribution is -0.142. The maximum absolute atomic E-state index is 12.6. The number of methoxy groups -OCH3 is 1. The Bertz CT molecular complexity index is 998. The van der Waals surface area contributed by atoms with Crippen LogP contribution in [0.3, 0.4) is 0 Å². The molecule has 1 unspecified atom stereocenters. The molecule has 1 aromatic carbocycles. The number of amides is 1. The van der Waals surface area contributed by atoms with E-state index in [1.165, 1.54) is 23.9 Å². The molecule has 132 valence electrons. The number of pyridine rings is 1. The first-order chi connectivity index (χ1) is 12.6. The molecule has 2 heterocycles. The van der Waals surface area contributed by atoms with Crippen LogP contribution in [0.5, 0.6) is 0 Å². The van der Waals surface area contributed by atoms with Crippen molar-refractivity contribution in [3.63, 3.8) is 0 Å². The predicted molar refractivity (Wildman–Crippen MR) is 94.9 cm³/mol. The summed E-state index contributed by atoms with van der Waals surface area (Å²) in [7, 11) is 1.25. The molecule has 0 saturated carbocycles. The maximum Gasteiger partial charge on any atom is 0.328 e. The van der Waals surface area contributed by atoms with E-state index in [0.717, 1.165) is 5.56 Å². The minimum atomic E-state index is -0.911. The van der Waals surface area contributed by atoms with Crippen LogP contribution < -0.4 is 10.9 Å². The fraction of sp³-hybridized carbons (Fsp3) is 0.158. The third kappa shape index (κ3) is 3.61. The van der Waals surface area contributed by atoms with Crippen molar-refractivity contribution in [2.75, 3.05) is 7.11 Å². The van der Waals surface area contributed by atoms with Gasteiger partial charge in [0.15, 0.2) is 0 Å². The highest BCUT2D eigenvalue weighted by Gasteiger charge is 2.24. The van der Waals surface area contributed by atoms with E-state index in [9.17, 15) is 14.4 Å². The summed E-state index contributed by atoms with van der Waals surface area (Å²) in [4.78, 5) is 41.2. The molecule has 7 heteroatoms. The lowest BCUT2D eigenvalue weighted by Crippen LogP contribution is -2.44. The Kier molecular flexibility index (Phi) is 5.07. The maximum atomic E-state index is 12.6. The smallest absolute Gasteiger partial charge is 0.328 e. The van der Waals surface area contributed by atoms with Gasteiger partial charge < -0.3 is 10.1 Å². The topological polar surface area (TPSA) is 89.8 Å². The van der Waals surface area contributed by atoms with Crippen molar-refractivity contribution in [3.8, 4) is 0 Å². The summed E-state index contributed by atoms with van der Waals surface area (Å²) in [6.45, 7) is 0. The largest absolute Gasteiger partial charge is 0.467 e. The Morgan fingerprint density at radius 1 is 1.15 bits per heavy atom. The van der Waals surface area contributed by atoms with Crippen molar-refractivity contribution >= 4 is 17.5 Å². The average molecular weight is 351 g/mol. The van der Waals surface area contributed by atoms with Gasteiger partial charge in [0.05, 0.1) is 7.11 Å². The molecule has 0 radical (unpaired) electrons. The van der Waals surface area contributed by atoms with E-state index in [2.05, 4.69) is 10.3 Å². The number of nitrogens with one attached hydrogen (secondary N) is 1. The Labute approximate surface area is 149 Å². The number of carbonyl (C=O) groups is 2. The normalized spacial score (nSPS) is 11.7. The Hall–Kier alpha value is -3.48. The van der Waals surface area contributed by atoms with E-state index in [0.29, 0.717) is 5.65 Å². The zero-order valence-electron chi connectivity index (χ0n) is 14.1. The molecule has 0 aliphatic carbocycles. The van der Waals surface area contributed by atoms with Gasteiger partial charge in [0.2, 0.25) is 0 Å². The zero-order chi connectivity index (χ0) is 18.5. The molecule has 1 N–H and O–H groups in total. The SMILES string of the molecule is COC(=O)C(Cc1ccccc1)NC(=O)c1cnc2ccccn2c1=O. The Balaban J connectivity index is 1.87. The number of benzene rings is 1. The number of aromatic nitrogens is 2. The van der Waals surface area contributed by atoms with Crippen LogP contribution in [0.1, 0.15) is 15.9 Å². The zero-order valence-corrected chi connectivity index (χ0v) is 14.1. The van der Waals surface area contributed by atoms with Crippen LogP contribution in [-0.4, -0.2) is 34.4 Å². The van der Waals surface area contributed by atoms with Gasteiger partial charge in [-0.05, 0) is 17.7 Å². The van der Waals surface area contributed by atoms with Gasteiger partial charge >= 0.3 is 5.97 Å². The summed E-state index contributed by atoms with van der Waals surface area (Å²) in [5.41, 5.74) is 0.645. The van der Waals surface area contributed by atoms with E-state index < -0.39 is 23.5 Å². The van der Waals surface area contributed by atoms with Crippen LogP contribution in [0.2, 0.25) is 0 Å². The molecule has 0 saturated heterocycles. The van der Waals surface area contributed by atoms with Crippen LogP contribution >= 0.6 is 0 Å². The third-order valence-electron chi connectivity index (χ3n) is 3.93. The molecule has 2 aromatic heterocycles. The molecular weight excluding hydrogens is 334 g/mol. The molecule has 0 fully saturated rings. The first kappa shape index (κ1) is 17.3. The van der Waals surface area contributed by atoms with E-state index in [1.54, 1.807) is 18.2 Å². The number of ether oxygens (including phenoxy) is 1. The molecule has 0 spiro atoms. The molecule has 3 rings (SSSR count). The van der Waals surface area contributed by atoms with E-state index in [1.807, 2.05) is 30.3 Å². The number of carbonyl (C=O) groups excluding carboxylic acids is 2. The molecule has 26 heavy (non-hydrogen) atoms. The van der Waals surface area contributed by atoms with Gasteiger partial charge in [-0.25, -0.2) is 9.78 Å². The summed E-state index contributed by atoms with van der Waals surface area (Å²) >= 11 is 0. The summed E-state index contributed by atoms with van der Waals surface area (Å²) in [5.74, 6) is -1.26. The summed E-state index contributed by atoms with van der Waals surface area (Å²) in [5, 5.41) is 2.57. The summed E-state index contributed by atoms with van der Waals surface area (Å²) in [6.07, 6.45) is 2.99. The van der Waals surface area contributed by atoms with Crippen molar-refractivity contribution in [3.05, 3.63) is 82.4 Å². The fourth-order valence-electron chi connectivity index (χ4n) is 2.60. The number of nitrogens with zero attached hydrogens (tertiary/aromatic N) is 2. The number of hydrogen-bond donors (Lipinski definition) is 1. The molecule has 1 atom stereocenters. The molecule has 1 amide bonds. The van der Waals surface area contributed by atoms with Gasteiger partial charge in [0, 0.05) is 18.8 Å². The van der Waals surface area contributed by atoms with Crippen LogP contribution in [0.25, 0.3) is 5.65 Å². The van der Waals surface area contributed by atoms with Crippen molar-refractivity contribution in [2.45, 2.75) is 12.5 Å². The quantitative estimate of drug-likeness (QED) is 0.698. The van der Waals surface area contributed by atoms with Gasteiger partial charge in [0.25, 0.3) is 11.5 Å². The second kappa shape index (κ2) is 7.60. The first-order valence-electron chi connectivity index (χ1n) is 7.99. The highest BCUT2D eigenvalue weighted by molar-refractivity contribution is 5.96. The highest BCUT2D eigenvalue weighted by Crippen LogP contribution is 2.06. The summed E-state index contributed by atoms with van der Waals surface area (Å²) in [6, 6.07) is 13.4. The lowest BCUT2D eigenvalue weighted by Gasteiger charge is -2.16. The number of hydrogen-bond acceptors (Lipinski definition) is 5. The average Bonchev–Trinajstić information content (AvgIpc) is 2.68.